The van der Waals surface area contributed by atoms with E-state index in [2.05, 4.69) is 11.8 Å². The van der Waals surface area contributed by atoms with Crippen molar-refractivity contribution in [3.8, 4) is 5.75 Å². The van der Waals surface area contributed by atoms with Gasteiger partial charge in [0.1, 0.15) is 5.75 Å². The van der Waals surface area contributed by atoms with E-state index in [4.69, 9.17) is 15.2 Å². The van der Waals surface area contributed by atoms with E-state index in [1.165, 1.54) is 5.56 Å². The molecule has 0 radical (unpaired) electrons. The van der Waals surface area contributed by atoms with Gasteiger partial charge in [0.2, 0.25) is 0 Å². The molecule has 0 amide bonds. The molecule has 2 N–H and O–H groups in total. The van der Waals surface area contributed by atoms with E-state index >= 15 is 0 Å². The molecule has 4 heteroatoms. The van der Waals surface area contributed by atoms with E-state index in [1.54, 1.807) is 14.2 Å². The predicted octanol–water partition coefficient (Wildman–Crippen LogP) is 1.75. The van der Waals surface area contributed by atoms with Crippen molar-refractivity contribution >= 4 is 5.69 Å². The van der Waals surface area contributed by atoms with Crippen molar-refractivity contribution in [2.75, 3.05) is 39.6 Å². The van der Waals surface area contributed by atoms with Crippen molar-refractivity contribution in [2.24, 2.45) is 0 Å². The Morgan fingerprint density at radius 3 is 2.59 bits per heavy atom. The number of hydrogen-bond donors (Lipinski definition) is 1. The van der Waals surface area contributed by atoms with Crippen LogP contribution in [0.3, 0.4) is 0 Å². The second-order valence-electron chi connectivity index (χ2n) is 3.94. The van der Waals surface area contributed by atoms with Gasteiger partial charge in [0, 0.05) is 20.2 Å². The molecule has 0 bridgehead atoms. The molecule has 0 spiro atoms. The molecule has 0 heterocycles. The third-order valence-corrected chi connectivity index (χ3v) is 2.76. The third kappa shape index (κ3) is 4.24. The van der Waals surface area contributed by atoms with Crippen LogP contribution in [-0.4, -0.2) is 38.8 Å². The molecule has 0 aliphatic carbocycles. The lowest BCUT2D eigenvalue weighted by molar-refractivity contribution is 0.147. The van der Waals surface area contributed by atoms with E-state index in [0.29, 0.717) is 5.69 Å². The molecule has 1 aromatic rings. The first-order chi connectivity index (χ1) is 8.21. The number of nitrogens with two attached hydrogens (primary N) is 1. The molecule has 0 saturated heterocycles. The molecule has 0 atom stereocenters. The highest BCUT2D eigenvalue weighted by Gasteiger charge is 2.05. The lowest BCUT2D eigenvalue weighted by Gasteiger charge is -2.20. The number of benzene rings is 1. The lowest BCUT2D eigenvalue weighted by Crippen LogP contribution is -2.26. The number of rotatable bonds is 7. The van der Waals surface area contributed by atoms with Crippen LogP contribution in [-0.2, 0) is 11.3 Å². The van der Waals surface area contributed by atoms with Crippen LogP contribution in [0.2, 0.25) is 0 Å². The maximum atomic E-state index is 5.88. The molecule has 1 aromatic carbocycles. The van der Waals surface area contributed by atoms with Gasteiger partial charge in [0.25, 0.3) is 0 Å². The summed E-state index contributed by atoms with van der Waals surface area (Å²) < 4.78 is 10.2. The van der Waals surface area contributed by atoms with Gasteiger partial charge in [-0.05, 0) is 24.2 Å². The van der Waals surface area contributed by atoms with E-state index in [-0.39, 0.29) is 0 Å². The van der Waals surface area contributed by atoms with Crippen LogP contribution in [0, 0.1) is 0 Å². The zero-order chi connectivity index (χ0) is 12.7. The number of ether oxygens (including phenoxy) is 2. The average molecular weight is 238 g/mol. The Kier molecular flexibility index (Phi) is 5.80. The molecule has 17 heavy (non-hydrogen) atoms. The minimum absolute atomic E-state index is 0.688. The topological polar surface area (TPSA) is 47.7 Å². The zero-order valence-electron chi connectivity index (χ0n) is 10.9. The smallest absolute Gasteiger partial charge is 0.141 e. The van der Waals surface area contributed by atoms with E-state index in [9.17, 15) is 0 Å². The quantitative estimate of drug-likeness (QED) is 0.735. The first-order valence-electron chi connectivity index (χ1n) is 5.85. The van der Waals surface area contributed by atoms with Crippen LogP contribution in [0.4, 0.5) is 5.69 Å². The van der Waals surface area contributed by atoms with Gasteiger partial charge < -0.3 is 15.2 Å². The fourth-order valence-corrected chi connectivity index (χ4v) is 1.71. The highest BCUT2D eigenvalue weighted by molar-refractivity contribution is 5.54. The Balaban J connectivity index is 2.63. The van der Waals surface area contributed by atoms with Crippen LogP contribution < -0.4 is 10.5 Å². The predicted molar refractivity (Wildman–Crippen MR) is 70.2 cm³/mol. The molecule has 0 fully saturated rings. The van der Waals surface area contributed by atoms with Crippen molar-refractivity contribution in [3.05, 3.63) is 23.8 Å². The molecule has 1 rings (SSSR count). The van der Waals surface area contributed by atoms with Crippen LogP contribution in [0.25, 0.3) is 0 Å². The first kappa shape index (κ1) is 13.8. The van der Waals surface area contributed by atoms with Crippen LogP contribution >= 0.6 is 0 Å². The van der Waals surface area contributed by atoms with Crippen LogP contribution in [0.15, 0.2) is 18.2 Å². The van der Waals surface area contributed by atoms with Crippen LogP contribution in [0.1, 0.15) is 12.5 Å². The molecule has 0 aliphatic rings. The van der Waals surface area contributed by atoms with Gasteiger partial charge in [-0.15, -0.1) is 0 Å². The summed E-state index contributed by atoms with van der Waals surface area (Å²) in [5.74, 6) is 0.730. The third-order valence-electron chi connectivity index (χ3n) is 2.76. The number of nitrogens with zero attached hydrogens (tertiary/aromatic N) is 1. The molecule has 0 saturated carbocycles. The fraction of sp³-hybridized carbons (Fsp3) is 0.538. The summed E-state index contributed by atoms with van der Waals surface area (Å²) >= 11 is 0. The first-order valence-corrected chi connectivity index (χ1v) is 5.85. The summed E-state index contributed by atoms with van der Waals surface area (Å²) in [5.41, 5.74) is 7.76. The minimum Gasteiger partial charge on any atom is -0.495 e. The molecule has 96 valence electrons. The van der Waals surface area contributed by atoms with Crippen LogP contribution in [0.5, 0.6) is 5.75 Å². The maximum Gasteiger partial charge on any atom is 0.141 e. The highest BCUT2D eigenvalue weighted by atomic mass is 16.5. The fourth-order valence-electron chi connectivity index (χ4n) is 1.71. The van der Waals surface area contributed by atoms with E-state index < -0.39 is 0 Å². The summed E-state index contributed by atoms with van der Waals surface area (Å²) in [4.78, 5) is 2.31. The molecule has 4 nitrogen and oxygen atoms in total. The minimum atomic E-state index is 0.688. The van der Waals surface area contributed by atoms with Gasteiger partial charge in [0.05, 0.1) is 19.4 Å². The summed E-state index contributed by atoms with van der Waals surface area (Å²) in [6, 6.07) is 5.92. The Morgan fingerprint density at radius 1 is 1.29 bits per heavy atom. The molecule has 0 aromatic heterocycles. The van der Waals surface area contributed by atoms with Gasteiger partial charge in [-0.25, -0.2) is 0 Å². The van der Waals surface area contributed by atoms with Crippen molar-refractivity contribution < 1.29 is 9.47 Å². The zero-order valence-corrected chi connectivity index (χ0v) is 10.9. The number of anilines is 1. The van der Waals surface area contributed by atoms with Gasteiger partial charge in [0.15, 0.2) is 0 Å². The summed E-state index contributed by atoms with van der Waals surface area (Å²) in [6.07, 6.45) is 0. The van der Waals surface area contributed by atoms with E-state index in [0.717, 1.165) is 32.0 Å². The van der Waals surface area contributed by atoms with Crippen molar-refractivity contribution in [2.45, 2.75) is 13.5 Å². The van der Waals surface area contributed by atoms with E-state index in [1.807, 2.05) is 18.2 Å². The average Bonchev–Trinajstić information content (AvgIpc) is 2.34. The Labute approximate surface area is 103 Å². The largest absolute Gasteiger partial charge is 0.495 e. The number of methoxy groups -OCH3 is 2. The summed E-state index contributed by atoms with van der Waals surface area (Å²) in [5, 5.41) is 0. The highest BCUT2D eigenvalue weighted by Crippen LogP contribution is 2.22. The van der Waals surface area contributed by atoms with Gasteiger partial charge in [-0.1, -0.05) is 13.0 Å². The molecular formula is C13H22N2O2. The number of likely N-dealkylation sites (N-methyl/N-ethyl adjacent to an activating group) is 1. The standard InChI is InChI=1S/C13H22N2O2/c1-4-15(7-8-16-2)10-11-5-6-13(17-3)12(14)9-11/h5-6,9H,4,7-8,10,14H2,1-3H3. The van der Waals surface area contributed by atoms with Crippen molar-refractivity contribution in [3.63, 3.8) is 0 Å². The molecular weight excluding hydrogens is 216 g/mol. The Hall–Kier alpha value is -1.26. The Bertz CT molecular complexity index is 342. The summed E-state index contributed by atoms with van der Waals surface area (Å²) in [6.45, 7) is 5.70. The summed E-state index contributed by atoms with van der Waals surface area (Å²) in [7, 11) is 3.35. The van der Waals surface area contributed by atoms with Crippen molar-refractivity contribution in [1.29, 1.82) is 0 Å². The maximum absolute atomic E-state index is 5.88. The van der Waals surface area contributed by atoms with Gasteiger partial charge in [-0.2, -0.15) is 0 Å². The monoisotopic (exact) mass is 238 g/mol. The molecule has 0 aliphatic heterocycles. The Morgan fingerprint density at radius 2 is 2.06 bits per heavy atom. The SMILES string of the molecule is CCN(CCOC)Cc1ccc(OC)c(N)c1. The second kappa shape index (κ2) is 7.14. The van der Waals surface area contributed by atoms with Gasteiger partial charge >= 0.3 is 0 Å². The molecule has 0 unspecified atom stereocenters. The number of hydrogen-bond acceptors (Lipinski definition) is 4. The van der Waals surface area contributed by atoms with Gasteiger partial charge in [-0.3, -0.25) is 4.90 Å². The number of nitrogen functional groups attached to an aromatic ring is 1. The lowest BCUT2D eigenvalue weighted by atomic mass is 10.1. The van der Waals surface area contributed by atoms with Crippen molar-refractivity contribution in [1.82, 2.24) is 4.90 Å². The normalized spacial score (nSPS) is 10.8. The second-order valence-corrected chi connectivity index (χ2v) is 3.94.